The van der Waals surface area contributed by atoms with Crippen molar-refractivity contribution in [1.29, 1.82) is 0 Å². The van der Waals surface area contributed by atoms with Crippen molar-refractivity contribution in [2.45, 2.75) is 18.0 Å². The largest absolute Gasteiger partial charge is 0.468 e. The second-order valence-corrected chi connectivity index (χ2v) is 7.85. The SMILES string of the molecule is CN(Cc1cccc(S(=O)(=O)N2CCOCC2)c1)Cc1ccco1. The Hall–Kier alpha value is -1.67. The Morgan fingerprint density at radius 1 is 1.12 bits per heavy atom. The van der Waals surface area contributed by atoms with Crippen LogP contribution in [-0.2, 0) is 27.8 Å². The fraction of sp³-hybridized carbons (Fsp3) is 0.412. The van der Waals surface area contributed by atoms with E-state index in [0.29, 0.717) is 44.3 Å². The van der Waals surface area contributed by atoms with Gasteiger partial charge in [-0.1, -0.05) is 12.1 Å². The number of hydrogen-bond donors (Lipinski definition) is 0. The van der Waals surface area contributed by atoms with E-state index in [4.69, 9.17) is 9.15 Å². The Balaban J connectivity index is 1.71. The molecule has 1 fully saturated rings. The lowest BCUT2D eigenvalue weighted by Gasteiger charge is -2.26. The molecule has 2 heterocycles. The maximum Gasteiger partial charge on any atom is 0.243 e. The Morgan fingerprint density at radius 2 is 1.92 bits per heavy atom. The van der Waals surface area contributed by atoms with Gasteiger partial charge in [-0.2, -0.15) is 4.31 Å². The predicted octanol–water partition coefficient (Wildman–Crippen LogP) is 1.93. The molecular formula is C17H22N2O4S. The van der Waals surface area contributed by atoms with Gasteiger partial charge in [-0.15, -0.1) is 0 Å². The molecule has 7 heteroatoms. The molecule has 0 bridgehead atoms. The number of hydrogen-bond acceptors (Lipinski definition) is 5. The number of benzene rings is 1. The predicted molar refractivity (Wildman–Crippen MR) is 89.9 cm³/mol. The number of rotatable bonds is 6. The number of nitrogens with zero attached hydrogens (tertiary/aromatic N) is 2. The maximum absolute atomic E-state index is 12.7. The molecule has 0 amide bonds. The Labute approximate surface area is 142 Å². The van der Waals surface area contributed by atoms with E-state index in [-0.39, 0.29) is 0 Å². The minimum absolute atomic E-state index is 0.341. The maximum atomic E-state index is 12.7. The quantitative estimate of drug-likeness (QED) is 0.797. The molecule has 0 radical (unpaired) electrons. The number of ether oxygens (including phenoxy) is 1. The van der Waals surface area contributed by atoms with Crippen LogP contribution in [0.4, 0.5) is 0 Å². The average Bonchev–Trinajstić information content (AvgIpc) is 3.08. The first-order valence-corrected chi connectivity index (χ1v) is 9.37. The minimum atomic E-state index is -3.45. The van der Waals surface area contributed by atoms with Crippen LogP contribution in [0.1, 0.15) is 11.3 Å². The summed E-state index contributed by atoms with van der Waals surface area (Å²) in [4.78, 5) is 2.42. The number of sulfonamides is 1. The van der Waals surface area contributed by atoms with Crippen molar-refractivity contribution in [2.75, 3.05) is 33.4 Å². The molecule has 2 aromatic rings. The highest BCUT2D eigenvalue weighted by molar-refractivity contribution is 7.89. The highest BCUT2D eigenvalue weighted by atomic mass is 32.2. The summed E-state index contributed by atoms with van der Waals surface area (Å²) in [5.41, 5.74) is 0.957. The molecule has 130 valence electrons. The van der Waals surface area contributed by atoms with Crippen LogP contribution < -0.4 is 0 Å². The average molecular weight is 350 g/mol. The molecule has 0 N–H and O–H groups in total. The van der Waals surface area contributed by atoms with Crippen molar-refractivity contribution in [3.8, 4) is 0 Å². The third kappa shape index (κ3) is 4.05. The zero-order valence-corrected chi connectivity index (χ0v) is 14.5. The fourth-order valence-electron chi connectivity index (χ4n) is 2.78. The van der Waals surface area contributed by atoms with Crippen molar-refractivity contribution in [3.63, 3.8) is 0 Å². The molecule has 1 aromatic carbocycles. The van der Waals surface area contributed by atoms with Crippen molar-refractivity contribution < 1.29 is 17.6 Å². The standard InChI is InChI=1S/C17H22N2O4S/c1-18(14-16-5-3-9-23-16)13-15-4-2-6-17(12-15)24(20,21)19-7-10-22-11-8-19/h2-6,9,12H,7-8,10-11,13-14H2,1H3. The summed E-state index contributed by atoms with van der Waals surface area (Å²) in [5.74, 6) is 0.884. The first kappa shape index (κ1) is 17.2. The van der Waals surface area contributed by atoms with Crippen LogP contribution in [0, 0.1) is 0 Å². The summed E-state index contributed by atoms with van der Waals surface area (Å²) in [6.45, 7) is 3.03. The summed E-state index contributed by atoms with van der Waals surface area (Å²) in [6, 6.07) is 10.9. The van der Waals surface area contributed by atoms with Gasteiger partial charge in [0, 0.05) is 19.6 Å². The highest BCUT2D eigenvalue weighted by Gasteiger charge is 2.26. The van der Waals surface area contributed by atoms with Crippen molar-refractivity contribution in [1.82, 2.24) is 9.21 Å². The number of furan rings is 1. The summed E-state index contributed by atoms with van der Waals surface area (Å²) in [6.07, 6.45) is 1.65. The molecular weight excluding hydrogens is 328 g/mol. The van der Waals surface area contributed by atoms with E-state index in [2.05, 4.69) is 4.90 Å². The van der Waals surface area contributed by atoms with Gasteiger partial charge in [-0.05, 0) is 36.9 Å². The lowest BCUT2D eigenvalue weighted by molar-refractivity contribution is 0.0730. The zero-order chi connectivity index (χ0) is 17.0. The number of morpholine rings is 1. The van der Waals surface area contributed by atoms with Gasteiger partial charge in [0.25, 0.3) is 0 Å². The van der Waals surface area contributed by atoms with Crippen molar-refractivity contribution in [2.24, 2.45) is 0 Å². The molecule has 0 spiro atoms. The van der Waals surface area contributed by atoms with Crippen LogP contribution in [0.5, 0.6) is 0 Å². The summed E-state index contributed by atoms with van der Waals surface area (Å²) in [5, 5.41) is 0. The van der Waals surface area contributed by atoms with Crippen LogP contribution in [0.15, 0.2) is 52.0 Å². The Morgan fingerprint density at radius 3 is 2.62 bits per heavy atom. The van der Waals surface area contributed by atoms with E-state index in [1.807, 2.05) is 25.2 Å². The smallest absolute Gasteiger partial charge is 0.243 e. The third-order valence-corrected chi connectivity index (χ3v) is 5.86. The van der Waals surface area contributed by atoms with Gasteiger partial charge in [0.05, 0.1) is 30.9 Å². The molecule has 1 aromatic heterocycles. The first-order chi connectivity index (χ1) is 11.6. The summed E-state index contributed by atoms with van der Waals surface area (Å²) in [7, 11) is -1.48. The molecule has 1 aliphatic rings. The van der Waals surface area contributed by atoms with Crippen LogP contribution in [0.3, 0.4) is 0 Å². The molecule has 1 aliphatic heterocycles. The topological polar surface area (TPSA) is 63.0 Å². The van der Waals surface area contributed by atoms with Gasteiger partial charge in [0.15, 0.2) is 0 Å². The fourth-order valence-corrected chi connectivity index (χ4v) is 4.26. The van der Waals surface area contributed by atoms with E-state index in [9.17, 15) is 8.42 Å². The van der Waals surface area contributed by atoms with Gasteiger partial charge in [0.1, 0.15) is 5.76 Å². The third-order valence-electron chi connectivity index (χ3n) is 3.96. The van der Waals surface area contributed by atoms with Crippen LogP contribution in [0.2, 0.25) is 0 Å². The van der Waals surface area contributed by atoms with Crippen LogP contribution in [0.25, 0.3) is 0 Å². The molecule has 3 rings (SSSR count). The highest BCUT2D eigenvalue weighted by Crippen LogP contribution is 2.19. The van der Waals surface area contributed by atoms with Crippen LogP contribution in [-0.4, -0.2) is 51.0 Å². The zero-order valence-electron chi connectivity index (χ0n) is 13.7. The molecule has 24 heavy (non-hydrogen) atoms. The van der Waals surface area contributed by atoms with E-state index < -0.39 is 10.0 Å². The summed E-state index contributed by atoms with van der Waals surface area (Å²) < 4.78 is 37.5. The lowest BCUT2D eigenvalue weighted by atomic mass is 10.2. The molecule has 0 unspecified atom stereocenters. The normalized spacial score (nSPS) is 16.6. The Kier molecular flexibility index (Phi) is 5.35. The first-order valence-electron chi connectivity index (χ1n) is 7.93. The van der Waals surface area contributed by atoms with E-state index in [0.717, 1.165) is 11.3 Å². The minimum Gasteiger partial charge on any atom is -0.468 e. The van der Waals surface area contributed by atoms with Gasteiger partial charge >= 0.3 is 0 Å². The monoisotopic (exact) mass is 350 g/mol. The van der Waals surface area contributed by atoms with E-state index in [1.165, 1.54) is 4.31 Å². The molecule has 6 nitrogen and oxygen atoms in total. The van der Waals surface area contributed by atoms with E-state index in [1.54, 1.807) is 24.5 Å². The Bertz CT molecular complexity index is 753. The second-order valence-electron chi connectivity index (χ2n) is 5.92. The van der Waals surface area contributed by atoms with Crippen molar-refractivity contribution >= 4 is 10.0 Å². The molecule has 0 aliphatic carbocycles. The van der Waals surface area contributed by atoms with Crippen molar-refractivity contribution in [3.05, 3.63) is 54.0 Å². The summed E-state index contributed by atoms with van der Waals surface area (Å²) >= 11 is 0. The molecule has 0 saturated carbocycles. The second kappa shape index (κ2) is 7.48. The molecule has 0 atom stereocenters. The molecule has 1 saturated heterocycles. The van der Waals surface area contributed by atoms with Gasteiger partial charge in [-0.3, -0.25) is 4.90 Å². The van der Waals surface area contributed by atoms with Gasteiger partial charge in [-0.25, -0.2) is 8.42 Å². The van der Waals surface area contributed by atoms with Gasteiger partial charge < -0.3 is 9.15 Å². The van der Waals surface area contributed by atoms with E-state index >= 15 is 0 Å². The van der Waals surface area contributed by atoms with Gasteiger partial charge in [0.2, 0.25) is 10.0 Å². The van der Waals surface area contributed by atoms with Crippen LogP contribution >= 0.6 is 0 Å². The lowest BCUT2D eigenvalue weighted by Crippen LogP contribution is -2.40.